The molecule has 0 unspecified atom stereocenters. The zero-order valence-corrected chi connectivity index (χ0v) is 14.8. The highest BCUT2D eigenvalue weighted by Gasteiger charge is 2.14. The third kappa shape index (κ3) is 3.05. The molecular formula is C16H17BrN6O. The molecule has 2 heterocycles. The molecule has 3 rings (SSSR count). The van der Waals surface area contributed by atoms with E-state index in [1.54, 1.807) is 12.1 Å². The van der Waals surface area contributed by atoms with E-state index < -0.39 is 0 Å². The van der Waals surface area contributed by atoms with Crippen molar-refractivity contribution in [2.75, 3.05) is 11.1 Å². The highest BCUT2D eigenvalue weighted by atomic mass is 79.9. The van der Waals surface area contributed by atoms with Crippen LogP contribution in [-0.2, 0) is 0 Å². The maximum absolute atomic E-state index is 7.50. The lowest BCUT2D eigenvalue weighted by Crippen LogP contribution is -2.09. The Balaban J connectivity index is 2.10. The van der Waals surface area contributed by atoms with Crippen LogP contribution in [0.3, 0.4) is 0 Å². The van der Waals surface area contributed by atoms with E-state index in [4.69, 9.17) is 15.9 Å². The van der Waals surface area contributed by atoms with Crippen molar-refractivity contribution in [3.8, 4) is 5.75 Å². The number of H-pyrrole nitrogens is 1. The molecule has 5 N–H and O–H groups in total. The Labute approximate surface area is 147 Å². The van der Waals surface area contributed by atoms with E-state index in [0.29, 0.717) is 34.2 Å². The molecule has 124 valence electrons. The first-order valence-electron chi connectivity index (χ1n) is 7.35. The van der Waals surface area contributed by atoms with Crippen molar-refractivity contribution >= 4 is 50.4 Å². The maximum atomic E-state index is 7.50. The number of nitrogen functional groups attached to an aromatic ring is 1. The molecule has 0 spiro atoms. The number of nitrogens with one attached hydrogen (secondary N) is 3. The molecule has 0 fully saturated rings. The number of ether oxygens (including phenoxy) is 1. The third-order valence-electron chi connectivity index (χ3n) is 3.38. The Morgan fingerprint density at radius 2 is 2.17 bits per heavy atom. The SMILES string of the molecule is CC(C)Oc1cc(N)c(C=N)cc1Nc1ncnc2[nH]cc(Br)c12. The van der Waals surface area contributed by atoms with Crippen LogP contribution in [0.15, 0.2) is 29.1 Å². The first-order chi connectivity index (χ1) is 11.5. The number of hydrogen-bond acceptors (Lipinski definition) is 6. The van der Waals surface area contributed by atoms with Crippen molar-refractivity contribution < 1.29 is 4.74 Å². The molecule has 1 aromatic carbocycles. The van der Waals surface area contributed by atoms with Crippen molar-refractivity contribution in [3.63, 3.8) is 0 Å². The molecule has 0 aliphatic carbocycles. The van der Waals surface area contributed by atoms with Gasteiger partial charge in [-0.1, -0.05) is 0 Å². The Morgan fingerprint density at radius 3 is 2.88 bits per heavy atom. The summed E-state index contributed by atoms with van der Waals surface area (Å²) < 4.78 is 6.70. The van der Waals surface area contributed by atoms with E-state index in [-0.39, 0.29) is 6.10 Å². The van der Waals surface area contributed by atoms with Gasteiger partial charge in [-0.15, -0.1) is 0 Å². The first kappa shape index (κ1) is 16.3. The van der Waals surface area contributed by atoms with E-state index in [1.807, 2.05) is 20.0 Å². The van der Waals surface area contributed by atoms with E-state index >= 15 is 0 Å². The maximum Gasteiger partial charge on any atom is 0.145 e. The molecule has 0 atom stereocenters. The lowest BCUT2D eigenvalue weighted by Gasteiger charge is -2.17. The average molecular weight is 389 g/mol. The quantitative estimate of drug-likeness (QED) is 0.391. The molecular weight excluding hydrogens is 372 g/mol. The summed E-state index contributed by atoms with van der Waals surface area (Å²) in [6, 6.07) is 3.49. The van der Waals surface area contributed by atoms with Crippen LogP contribution >= 0.6 is 15.9 Å². The van der Waals surface area contributed by atoms with Gasteiger partial charge in [0.05, 0.1) is 17.2 Å². The fourth-order valence-electron chi connectivity index (χ4n) is 2.33. The highest BCUT2D eigenvalue weighted by Crippen LogP contribution is 2.35. The molecule has 3 aromatic rings. The lowest BCUT2D eigenvalue weighted by molar-refractivity contribution is 0.244. The fraction of sp³-hybridized carbons (Fsp3) is 0.188. The smallest absolute Gasteiger partial charge is 0.145 e. The van der Waals surface area contributed by atoms with E-state index in [1.165, 1.54) is 12.5 Å². The van der Waals surface area contributed by atoms with Gasteiger partial charge in [0.1, 0.15) is 23.5 Å². The zero-order chi connectivity index (χ0) is 17.3. The number of aromatic nitrogens is 3. The zero-order valence-electron chi connectivity index (χ0n) is 13.2. The number of nitrogens with zero attached hydrogens (tertiary/aromatic N) is 2. The van der Waals surface area contributed by atoms with Gasteiger partial charge in [-0.25, -0.2) is 9.97 Å². The van der Waals surface area contributed by atoms with Gasteiger partial charge in [0.2, 0.25) is 0 Å². The summed E-state index contributed by atoms with van der Waals surface area (Å²) in [4.78, 5) is 11.6. The van der Waals surface area contributed by atoms with Crippen LogP contribution in [0.1, 0.15) is 19.4 Å². The second-order valence-electron chi connectivity index (χ2n) is 5.50. The van der Waals surface area contributed by atoms with Gasteiger partial charge in [-0.2, -0.15) is 0 Å². The summed E-state index contributed by atoms with van der Waals surface area (Å²) >= 11 is 3.49. The van der Waals surface area contributed by atoms with Crippen LogP contribution in [0.4, 0.5) is 17.2 Å². The largest absolute Gasteiger partial charge is 0.489 e. The summed E-state index contributed by atoms with van der Waals surface area (Å²) in [5.74, 6) is 1.23. The molecule has 0 amide bonds. The van der Waals surface area contributed by atoms with E-state index in [2.05, 4.69) is 36.2 Å². The number of halogens is 1. The van der Waals surface area contributed by atoms with Gasteiger partial charge in [0.15, 0.2) is 0 Å². The number of hydrogen-bond donors (Lipinski definition) is 4. The fourth-order valence-corrected chi connectivity index (χ4v) is 2.82. The number of benzene rings is 1. The number of nitrogens with two attached hydrogens (primary N) is 1. The minimum atomic E-state index is -0.0137. The van der Waals surface area contributed by atoms with Crippen molar-refractivity contribution in [3.05, 3.63) is 34.7 Å². The number of anilines is 3. The monoisotopic (exact) mass is 388 g/mol. The predicted molar refractivity (Wildman–Crippen MR) is 99.4 cm³/mol. The Kier molecular flexibility index (Phi) is 4.39. The van der Waals surface area contributed by atoms with Crippen LogP contribution in [0.5, 0.6) is 5.75 Å². The van der Waals surface area contributed by atoms with Gasteiger partial charge >= 0.3 is 0 Å². The Morgan fingerprint density at radius 1 is 1.38 bits per heavy atom. The molecule has 2 aromatic heterocycles. The third-order valence-corrected chi connectivity index (χ3v) is 4.00. The summed E-state index contributed by atoms with van der Waals surface area (Å²) in [5.41, 5.74) is 8.46. The van der Waals surface area contributed by atoms with Crippen molar-refractivity contribution in [2.45, 2.75) is 20.0 Å². The second kappa shape index (κ2) is 6.48. The Hall–Kier alpha value is -2.61. The summed E-state index contributed by atoms with van der Waals surface area (Å²) in [6.07, 6.45) is 4.48. The normalized spacial score (nSPS) is 11.0. The van der Waals surface area contributed by atoms with Crippen molar-refractivity contribution in [2.24, 2.45) is 0 Å². The number of aromatic amines is 1. The first-order valence-corrected chi connectivity index (χ1v) is 8.14. The highest BCUT2D eigenvalue weighted by molar-refractivity contribution is 9.10. The van der Waals surface area contributed by atoms with Crippen molar-refractivity contribution in [1.29, 1.82) is 5.41 Å². The standard InChI is InChI=1S/C16H17BrN6O/c1-8(2)24-13-4-11(19)9(5-18)3-12(13)23-16-14-10(17)6-20-15(14)21-7-22-16/h3-8,18H,19H2,1-2H3,(H2,20,21,22,23). The molecule has 0 radical (unpaired) electrons. The minimum absolute atomic E-state index is 0.0137. The molecule has 0 aliphatic rings. The topological polar surface area (TPSA) is 113 Å². The van der Waals surface area contributed by atoms with Crippen molar-refractivity contribution in [1.82, 2.24) is 15.0 Å². The summed E-state index contributed by atoms with van der Waals surface area (Å²) in [6.45, 7) is 3.88. The molecule has 0 bridgehead atoms. The Bertz CT molecular complexity index is 905. The average Bonchev–Trinajstić information content (AvgIpc) is 2.92. The summed E-state index contributed by atoms with van der Waals surface area (Å²) in [5, 5.41) is 11.6. The minimum Gasteiger partial charge on any atom is -0.489 e. The van der Waals surface area contributed by atoms with Crippen LogP contribution in [0.2, 0.25) is 0 Å². The van der Waals surface area contributed by atoms with Gasteiger partial charge in [-0.3, -0.25) is 0 Å². The molecule has 24 heavy (non-hydrogen) atoms. The number of rotatable bonds is 5. The molecule has 0 saturated carbocycles. The van der Waals surface area contributed by atoms with Crippen LogP contribution in [0.25, 0.3) is 11.0 Å². The molecule has 0 aliphatic heterocycles. The lowest BCUT2D eigenvalue weighted by atomic mass is 10.1. The molecule has 0 saturated heterocycles. The van der Waals surface area contributed by atoms with Gasteiger partial charge in [-0.05, 0) is 35.8 Å². The van der Waals surface area contributed by atoms with E-state index in [0.717, 1.165) is 9.86 Å². The molecule has 7 nitrogen and oxygen atoms in total. The van der Waals surface area contributed by atoms with Gasteiger partial charge in [0, 0.05) is 34.2 Å². The van der Waals surface area contributed by atoms with Gasteiger partial charge < -0.3 is 26.2 Å². The predicted octanol–water partition coefficient (Wildman–Crippen LogP) is 3.83. The second-order valence-corrected chi connectivity index (χ2v) is 6.35. The van der Waals surface area contributed by atoms with Crippen LogP contribution < -0.4 is 15.8 Å². The summed E-state index contributed by atoms with van der Waals surface area (Å²) in [7, 11) is 0. The van der Waals surface area contributed by atoms with Crippen LogP contribution in [-0.4, -0.2) is 27.3 Å². The number of fused-ring (bicyclic) bond motifs is 1. The van der Waals surface area contributed by atoms with Gasteiger partial charge in [0.25, 0.3) is 0 Å². The van der Waals surface area contributed by atoms with E-state index in [9.17, 15) is 0 Å². The molecule has 8 heteroatoms. The van der Waals surface area contributed by atoms with Crippen LogP contribution in [0, 0.1) is 5.41 Å².